The quantitative estimate of drug-likeness (QED) is 0.709. The fourth-order valence-corrected chi connectivity index (χ4v) is 2.26. The molecule has 1 heterocycles. The first-order chi connectivity index (χ1) is 6.38. The largest absolute Gasteiger partial charge is 0.249 e. The van der Waals surface area contributed by atoms with Crippen LogP contribution in [0.5, 0.6) is 0 Å². The second-order valence-corrected chi connectivity index (χ2v) is 4.04. The van der Waals surface area contributed by atoms with E-state index in [1.54, 1.807) is 23.5 Å². The van der Waals surface area contributed by atoms with E-state index in [9.17, 15) is 0 Å². The third kappa shape index (κ3) is 4.58. The summed E-state index contributed by atoms with van der Waals surface area (Å²) in [6.07, 6.45) is 3.93. The minimum absolute atomic E-state index is 1.09. The number of rotatable bonds is 3. The highest BCUT2D eigenvalue weighted by Gasteiger charge is 1.99. The molecule has 0 aliphatic carbocycles. The van der Waals surface area contributed by atoms with Crippen LogP contribution in [0.4, 0.5) is 0 Å². The van der Waals surface area contributed by atoms with Crippen LogP contribution < -0.4 is 0 Å². The monoisotopic (exact) mass is 215 g/mol. The predicted octanol–water partition coefficient (Wildman–Crippen LogP) is 3.94. The molecule has 74 valence electrons. The Hall–Kier alpha value is -0.150. The second kappa shape index (κ2) is 8.45. The maximum absolute atomic E-state index is 4.28. The highest BCUT2D eigenvalue weighted by Crippen LogP contribution is 2.26. The number of aromatic nitrogens is 1. The highest BCUT2D eigenvalue weighted by atomic mass is 32.2. The van der Waals surface area contributed by atoms with Crippen molar-refractivity contribution in [3.05, 3.63) is 18.3 Å². The van der Waals surface area contributed by atoms with Gasteiger partial charge in [-0.1, -0.05) is 20.8 Å². The van der Waals surface area contributed by atoms with Crippen LogP contribution in [0.25, 0.3) is 0 Å². The minimum Gasteiger partial charge on any atom is -0.249 e. The molecule has 0 atom stereocenters. The lowest BCUT2D eigenvalue weighted by Crippen LogP contribution is -1.82. The van der Waals surface area contributed by atoms with E-state index >= 15 is 0 Å². The first-order valence-corrected chi connectivity index (χ1v) is 6.71. The van der Waals surface area contributed by atoms with Gasteiger partial charge in [0.15, 0.2) is 0 Å². The molecule has 0 unspecified atom stereocenters. The van der Waals surface area contributed by atoms with E-state index in [2.05, 4.69) is 24.2 Å². The fourth-order valence-electron chi connectivity index (χ4n) is 0.777. The summed E-state index contributed by atoms with van der Waals surface area (Å²) in [5.74, 6) is 1.09. The molecule has 0 bridgehead atoms. The Morgan fingerprint density at radius 3 is 2.62 bits per heavy atom. The van der Waals surface area contributed by atoms with Gasteiger partial charge in [0.2, 0.25) is 0 Å². The second-order valence-electron chi connectivity index (χ2n) is 1.94. The zero-order valence-corrected chi connectivity index (χ0v) is 10.3. The molecule has 0 saturated carbocycles. The lowest BCUT2D eigenvalue weighted by Gasteiger charge is -2.01. The first kappa shape index (κ1) is 12.8. The molecule has 0 radical (unpaired) electrons. The smallest absolute Gasteiger partial charge is 0.110 e. The van der Waals surface area contributed by atoms with E-state index in [-0.39, 0.29) is 0 Å². The summed E-state index contributed by atoms with van der Waals surface area (Å²) in [5.41, 5.74) is 0. The maximum Gasteiger partial charge on any atom is 0.110 e. The van der Waals surface area contributed by atoms with Crippen LogP contribution >= 0.6 is 23.5 Å². The van der Waals surface area contributed by atoms with E-state index in [0.29, 0.717) is 0 Å². The fraction of sp³-hybridized carbons (Fsp3) is 0.500. The number of hydrogen-bond donors (Lipinski definition) is 0. The van der Waals surface area contributed by atoms with Crippen molar-refractivity contribution in [3.63, 3.8) is 0 Å². The summed E-state index contributed by atoms with van der Waals surface area (Å²) in [6.45, 7) is 6.14. The molecule has 0 aliphatic heterocycles. The van der Waals surface area contributed by atoms with Gasteiger partial charge in [0.05, 0.1) is 0 Å². The Kier molecular flexibility index (Phi) is 8.35. The van der Waals surface area contributed by atoms with E-state index < -0.39 is 0 Å². The molecule has 0 aliphatic rings. The lowest BCUT2D eigenvalue weighted by atomic mass is 10.5. The number of nitrogens with zero attached hydrogens (tertiary/aromatic N) is 1. The standard InChI is InChI=1S/C8H11NS2.C2H6/c1-3-11-8-7(10-2)5-4-6-9-8;1-2/h4-6H,3H2,1-2H3;1-2H3. The van der Waals surface area contributed by atoms with Gasteiger partial charge in [-0.2, -0.15) is 0 Å². The molecule has 13 heavy (non-hydrogen) atoms. The van der Waals surface area contributed by atoms with Crippen molar-refractivity contribution in [1.29, 1.82) is 0 Å². The summed E-state index contributed by atoms with van der Waals surface area (Å²) in [5, 5.41) is 1.16. The summed E-state index contributed by atoms with van der Waals surface area (Å²) in [6, 6.07) is 4.08. The van der Waals surface area contributed by atoms with Gasteiger partial charge < -0.3 is 0 Å². The topological polar surface area (TPSA) is 12.9 Å². The van der Waals surface area contributed by atoms with Gasteiger partial charge in [0, 0.05) is 11.1 Å². The Balaban J connectivity index is 0.000000671. The summed E-state index contributed by atoms with van der Waals surface area (Å²) >= 11 is 3.55. The molecule has 0 N–H and O–H groups in total. The van der Waals surface area contributed by atoms with Crippen LogP contribution in [0.3, 0.4) is 0 Å². The molecule has 0 amide bonds. The van der Waals surface area contributed by atoms with Crippen LogP contribution in [0.2, 0.25) is 0 Å². The molecule has 1 aromatic rings. The molecule has 0 fully saturated rings. The Bertz CT molecular complexity index is 226. The molecule has 0 aromatic carbocycles. The molecule has 1 aromatic heterocycles. The summed E-state index contributed by atoms with van der Waals surface area (Å²) in [7, 11) is 0. The molecule has 0 spiro atoms. The van der Waals surface area contributed by atoms with Gasteiger partial charge in [-0.05, 0) is 24.1 Å². The Morgan fingerprint density at radius 2 is 2.08 bits per heavy atom. The Labute approximate surface area is 89.7 Å². The van der Waals surface area contributed by atoms with E-state index in [1.165, 1.54) is 4.90 Å². The summed E-state index contributed by atoms with van der Waals surface area (Å²) < 4.78 is 0. The highest BCUT2D eigenvalue weighted by molar-refractivity contribution is 8.01. The molecule has 1 rings (SSSR count). The van der Waals surface area contributed by atoms with Crippen LogP contribution in [0, 0.1) is 0 Å². The molecule has 1 nitrogen and oxygen atoms in total. The van der Waals surface area contributed by atoms with Crippen molar-refractivity contribution in [3.8, 4) is 0 Å². The van der Waals surface area contributed by atoms with Crippen molar-refractivity contribution in [1.82, 2.24) is 4.98 Å². The van der Waals surface area contributed by atoms with Gasteiger partial charge in [0.1, 0.15) is 5.03 Å². The average Bonchev–Trinajstić information content (AvgIpc) is 2.22. The third-order valence-corrected chi connectivity index (χ3v) is 3.02. The van der Waals surface area contributed by atoms with E-state index in [0.717, 1.165) is 10.8 Å². The molecular formula is C10H17NS2. The van der Waals surface area contributed by atoms with Crippen molar-refractivity contribution >= 4 is 23.5 Å². The van der Waals surface area contributed by atoms with Crippen molar-refractivity contribution in [2.75, 3.05) is 12.0 Å². The normalized spacial score (nSPS) is 8.92. The van der Waals surface area contributed by atoms with Crippen LogP contribution in [0.1, 0.15) is 20.8 Å². The third-order valence-electron chi connectivity index (χ3n) is 1.24. The number of hydrogen-bond acceptors (Lipinski definition) is 3. The van der Waals surface area contributed by atoms with Crippen LogP contribution in [-0.2, 0) is 0 Å². The summed E-state index contributed by atoms with van der Waals surface area (Å²) in [4.78, 5) is 5.56. The molecule has 3 heteroatoms. The zero-order chi connectivity index (χ0) is 10.1. The number of pyridine rings is 1. The van der Waals surface area contributed by atoms with Gasteiger partial charge in [-0.3, -0.25) is 0 Å². The van der Waals surface area contributed by atoms with Gasteiger partial charge in [-0.15, -0.1) is 23.5 Å². The predicted molar refractivity (Wildman–Crippen MR) is 63.8 cm³/mol. The van der Waals surface area contributed by atoms with Crippen molar-refractivity contribution < 1.29 is 0 Å². The molecular weight excluding hydrogens is 198 g/mol. The van der Waals surface area contributed by atoms with Crippen molar-refractivity contribution in [2.24, 2.45) is 0 Å². The minimum atomic E-state index is 1.09. The first-order valence-electron chi connectivity index (χ1n) is 4.50. The van der Waals surface area contributed by atoms with Crippen LogP contribution in [0.15, 0.2) is 28.3 Å². The molecule has 0 saturated heterocycles. The SMILES string of the molecule is CC.CCSc1ncccc1SC. The van der Waals surface area contributed by atoms with Crippen LogP contribution in [-0.4, -0.2) is 17.0 Å². The van der Waals surface area contributed by atoms with E-state index in [4.69, 9.17) is 0 Å². The zero-order valence-electron chi connectivity index (χ0n) is 8.70. The number of thioether (sulfide) groups is 2. The van der Waals surface area contributed by atoms with Gasteiger partial charge in [-0.25, -0.2) is 4.98 Å². The van der Waals surface area contributed by atoms with E-state index in [1.807, 2.05) is 26.1 Å². The Morgan fingerprint density at radius 1 is 1.38 bits per heavy atom. The van der Waals surface area contributed by atoms with Gasteiger partial charge >= 0.3 is 0 Å². The lowest BCUT2D eigenvalue weighted by molar-refractivity contribution is 1.04. The average molecular weight is 215 g/mol. The maximum atomic E-state index is 4.28. The van der Waals surface area contributed by atoms with Gasteiger partial charge in [0.25, 0.3) is 0 Å². The van der Waals surface area contributed by atoms with Crippen molar-refractivity contribution in [2.45, 2.75) is 30.7 Å².